The Bertz CT molecular complexity index is 922. The molecule has 3 aromatic rings. The first-order valence-corrected chi connectivity index (χ1v) is 7.46. The molecule has 0 amide bonds. The topological polar surface area (TPSA) is 54.0 Å². The van der Waals surface area contributed by atoms with Gasteiger partial charge >= 0.3 is 0 Å². The summed E-state index contributed by atoms with van der Waals surface area (Å²) in [6.07, 6.45) is 0.564. The van der Waals surface area contributed by atoms with Crippen molar-refractivity contribution < 1.29 is 0 Å². The van der Waals surface area contributed by atoms with Crippen LogP contribution in [0.5, 0.6) is 0 Å². The second-order valence-corrected chi connectivity index (χ2v) is 5.81. The summed E-state index contributed by atoms with van der Waals surface area (Å²) in [7, 11) is 0. The molecule has 6 heteroatoms. The van der Waals surface area contributed by atoms with Crippen molar-refractivity contribution in [1.82, 2.24) is 14.6 Å². The molecular weight excluding hydrogens is 319 g/mol. The molecule has 0 saturated heterocycles. The molecule has 4 nitrogen and oxygen atoms in total. The van der Waals surface area contributed by atoms with Crippen LogP contribution in [-0.2, 0) is 6.42 Å². The van der Waals surface area contributed by atoms with Crippen LogP contribution in [0.25, 0.3) is 5.65 Å². The number of nitrogens with zero attached hydrogens (tertiary/aromatic N) is 4. The summed E-state index contributed by atoms with van der Waals surface area (Å²) in [5.41, 5.74) is 4.16. The van der Waals surface area contributed by atoms with Gasteiger partial charge in [-0.2, -0.15) is 10.4 Å². The number of hydrogen-bond donors (Lipinski definition) is 0. The molecule has 1 aromatic carbocycles. The summed E-state index contributed by atoms with van der Waals surface area (Å²) < 4.78 is 1.52. The Morgan fingerprint density at radius 1 is 1.18 bits per heavy atom. The number of benzene rings is 1. The van der Waals surface area contributed by atoms with Crippen molar-refractivity contribution in [2.75, 3.05) is 0 Å². The summed E-state index contributed by atoms with van der Waals surface area (Å²) in [6.45, 7) is 3.65. The summed E-state index contributed by atoms with van der Waals surface area (Å²) in [5, 5.41) is 14.7. The highest BCUT2D eigenvalue weighted by Gasteiger charge is 2.18. The number of nitriles is 1. The minimum Gasteiger partial charge on any atom is -0.232 e. The maximum Gasteiger partial charge on any atom is 0.175 e. The van der Waals surface area contributed by atoms with Crippen LogP contribution < -0.4 is 0 Å². The normalized spacial score (nSPS) is 10.9. The van der Waals surface area contributed by atoms with E-state index in [0.717, 1.165) is 16.8 Å². The molecule has 0 N–H and O–H groups in total. The molecule has 0 spiro atoms. The zero-order chi connectivity index (χ0) is 15.9. The van der Waals surface area contributed by atoms with Crippen LogP contribution in [0.2, 0.25) is 10.2 Å². The number of halogens is 2. The van der Waals surface area contributed by atoms with Crippen LogP contribution in [0.3, 0.4) is 0 Å². The molecule has 0 radical (unpaired) electrons. The van der Waals surface area contributed by atoms with Crippen molar-refractivity contribution in [1.29, 1.82) is 5.26 Å². The average Bonchev–Trinajstić information content (AvgIpc) is 2.81. The number of aromatic nitrogens is 3. The predicted molar refractivity (Wildman–Crippen MR) is 86.4 cm³/mol. The number of hydrogen-bond acceptors (Lipinski definition) is 3. The SMILES string of the molecule is Cc1nc2c(C#N)c(C)nn2c(Cl)c1Cc1ccccc1Cl. The molecule has 0 aliphatic rings. The predicted octanol–water partition coefficient (Wildman–Crippen LogP) is 4.12. The molecule has 0 bridgehead atoms. The second kappa shape index (κ2) is 5.60. The average molecular weight is 331 g/mol. The molecule has 22 heavy (non-hydrogen) atoms. The van der Waals surface area contributed by atoms with E-state index in [1.807, 2.05) is 31.2 Å². The van der Waals surface area contributed by atoms with Gasteiger partial charge in [-0.25, -0.2) is 9.50 Å². The lowest BCUT2D eigenvalue weighted by Crippen LogP contribution is -2.04. The first-order chi connectivity index (χ1) is 10.5. The summed E-state index contributed by atoms with van der Waals surface area (Å²) in [6, 6.07) is 9.75. The third kappa shape index (κ3) is 2.33. The second-order valence-electron chi connectivity index (χ2n) is 5.04. The lowest BCUT2D eigenvalue weighted by atomic mass is 10.1. The number of fused-ring (bicyclic) bond motifs is 1. The Hall–Kier alpha value is -2.09. The molecule has 0 atom stereocenters. The third-order valence-electron chi connectivity index (χ3n) is 3.62. The Labute approximate surface area is 137 Å². The van der Waals surface area contributed by atoms with Crippen LogP contribution in [0, 0.1) is 25.2 Å². The largest absolute Gasteiger partial charge is 0.232 e. The van der Waals surface area contributed by atoms with Crippen molar-refractivity contribution in [3.8, 4) is 6.07 Å². The lowest BCUT2D eigenvalue weighted by Gasteiger charge is -2.10. The van der Waals surface area contributed by atoms with E-state index in [-0.39, 0.29) is 0 Å². The Balaban J connectivity index is 2.20. The summed E-state index contributed by atoms with van der Waals surface area (Å²) in [4.78, 5) is 4.50. The molecule has 0 saturated carbocycles. The van der Waals surface area contributed by atoms with Gasteiger partial charge in [0.1, 0.15) is 16.8 Å². The minimum atomic E-state index is 0.453. The van der Waals surface area contributed by atoms with Crippen LogP contribution in [-0.4, -0.2) is 14.6 Å². The van der Waals surface area contributed by atoms with Gasteiger partial charge in [-0.05, 0) is 25.5 Å². The number of rotatable bonds is 2. The van der Waals surface area contributed by atoms with Crippen molar-refractivity contribution in [2.24, 2.45) is 0 Å². The Morgan fingerprint density at radius 2 is 1.91 bits per heavy atom. The molecular formula is C16H12Cl2N4. The van der Waals surface area contributed by atoms with Gasteiger partial charge in [0.2, 0.25) is 0 Å². The molecule has 110 valence electrons. The highest BCUT2D eigenvalue weighted by atomic mass is 35.5. The van der Waals surface area contributed by atoms with Gasteiger partial charge in [0, 0.05) is 22.7 Å². The minimum absolute atomic E-state index is 0.453. The van der Waals surface area contributed by atoms with Crippen molar-refractivity contribution in [3.05, 3.63) is 62.5 Å². The van der Waals surface area contributed by atoms with Crippen LogP contribution in [0.4, 0.5) is 0 Å². The van der Waals surface area contributed by atoms with E-state index in [1.165, 1.54) is 4.52 Å². The zero-order valence-corrected chi connectivity index (χ0v) is 13.6. The van der Waals surface area contributed by atoms with E-state index >= 15 is 0 Å². The fourth-order valence-corrected chi connectivity index (χ4v) is 2.95. The molecule has 0 aliphatic heterocycles. The van der Waals surface area contributed by atoms with E-state index < -0.39 is 0 Å². The molecule has 3 rings (SSSR count). The third-order valence-corrected chi connectivity index (χ3v) is 4.38. The fourth-order valence-electron chi connectivity index (χ4n) is 2.42. The quantitative estimate of drug-likeness (QED) is 0.664. The van der Waals surface area contributed by atoms with Crippen molar-refractivity contribution in [2.45, 2.75) is 20.3 Å². The fraction of sp³-hybridized carbons (Fsp3) is 0.188. The molecule has 2 heterocycles. The first-order valence-electron chi connectivity index (χ1n) is 6.70. The van der Waals surface area contributed by atoms with Gasteiger partial charge in [0.05, 0.1) is 5.69 Å². The van der Waals surface area contributed by atoms with E-state index in [0.29, 0.717) is 33.5 Å². The van der Waals surface area contributed by atoms with Crippen LogP contribution >= 0.6 is 23.2 Å². The van der Waals surface area contributed by atoms with Crippen LogP contribution in [0.1, 0.15) is 28.1 Å². The highest BCUT2D eigenvalue weighted by molar-refractivity contribution is 6.31. The van der Waals surface area contributed by atoms with Crippen molar-refractivity contribution >= 4 is 28.8 Å². The van der Waals surface area contributed by atoms with E-state index in [1.54, 1.807) is 6.92 Å². The van der Waals surface area contributed by atoms with Gasteiger partial charge in [0.15, 0.2) is 5.65 Å². The van der Waals surface area contributed by atoms with Crippen molar-refractivity contribution in [3.63, 3.8) is 0 Å². The number of aryl methyl sites for hydroxylation is 2. The zero-order valence-electron chi connectivity index (χ0n) is 12.1. The Morgan fingerprint density at radius 3 is 2.59 bits per heavy atom. The summed E-state index contributed by atoms with van der Waals surface area (Å²) >= 11 is 12.7. The van der Waals surface area contributed by atoms with Gasteiger partial charge in [-0.15, -0.1) is 0 Å². The van der Waals surface area contributed by atoms with Gasteiger partial charge in [-0.3, -0.25) is 0 Å². The smallest absolute Gasteiger partial charge is 0.175 e. The maximum absolute atomic E-state index is 9.22. The van der Waals surface area contributed by atoms with E-state index in [2.05, 4.69) is 16.2 Å². The van der Waals surface area contributed by atoms with Gasteiger partial charge in [0.25, 0.3) is 0 Å². The van der Waals surface area contributed by atoms with Gasteiger partial charge in [-0.1, -0.05) is 41.4 Å². The molecule has 0 aliphatic carbocycles. The first kappa shape index (κ1) is 14.8. The van der Waals surface area contributed by atoms with E-state index in [4.69, 9.17) is 23.2 Å². The van der Waals surface area contributed by atoms with Crippen LogP contribution in [0.15, 0.2) is 24.3 Å². The summed E-state index contributed by atoms with van der Waals surface area (Å²) in [5.74, 6) is 0. The molecule has 2 aromatic heterocycles. The molecule has 0 fully saturated rings. The van der Waals surface area contributed by atoms with Gasteiger partial charge < -0.3 is 0 Å². The van der Waals surface area contributed by atoms with E-state index in [9.17, 15) is 5.26 Å². The standard InChI is InChI=1S/C16H12Cl2N4/c1-9-12(7-11-5-3-4-6-14(11)17)15(18)22-16(20-9)13(8-19)10(2)21-22/h3-6H,7H2,1-2H3. The highest BCUT2D eigenvalue weighted by Crippen LogP contribution is 2.27. The lowest BCUT2D eigenvalue weighted by molar-refractivity contribution is 0.887. The monoisotopic (exact) mass is 330 g/mol. The maximum atomic E-state index is 9.22. The Kier molecular flexibility index (Phi) is 3.78. The molecule has 0 unspecified atom stereocenters.